The fourth-order valence-electron chi connectivity index (χ4n) is 2.13. The first-order valence-electron chi connectivity index (χ1n) is 6.20. The lowest BCUT2D eigenvalue weighted by molar-refractivity contribution is 0.144. The Kier molecular flexibility index (Phi) is 3.71. The average Bonchev–Trinajstić information content (AvgIpc) is 2.82. The SMILES string of the molecule is CC1CCN(C(=O)NCc2ccoc2)CC1C. The largest absolute Gasteiger partial charge is 0.472 e. The molecule has 2 atom stereocenters. The zero-order valence-electron chi connectivity index (χ0n) is 10.5. The van der Waals surface area contributed by atoms with Gasteiger partial charge in [0.2, 0.25) is 0 Å². The molecule has 1 saturated heterocycles. The number of nitrogens with zero attached hydrogens (tertiary/aromatic N) is 1. The summed E-state index contributed by atoms with van der Waals surface area (Å²) in [5, 5.41) is 2.92. The first-order chi connectivity index (χ1) is 8.16. The molecule has 1 aliphatic heterocycles. The van der Waals surface area contributed by atoms with Crippen molar-refractivity contribution in [2.45, 2.75) is 26.8 Å². The summed E-state index contributed by atoms with van der Waals surface area (Å²) in [6.07, 6.45) is 4.37. The van der Waals surface area contributed by atoms with Crippen LogP contribution in [0.2, 0.25) is 0 Å². The van der Waals surface area contributed by atoms with Gasteiger partial charge in [0, 0.05) is 25.2 Å². The average molecular weight is 236 g/mol. The van der Waals surface area contributed by atoms with Crippen molar-refractivity contribution in [2.75, 3.05) is 13.1 Å². The van der Waals surface area contributed by atoms with Gasteiger partial charge in [0.25, 0.3) is 0 Å². The maximum absolute atomic E-state index is 11.9. The van der Waals surface area contributed by atoms with E-state index in [1.807, 2.05) is 11.0 Å². The molecule has 2 unspecified atom stereocenters. The molecule has 0 aliphatic carbocycles. The van der Waals surface area contributed by atoms with Gasteiger partial charge < -0.3 is 14.6 Å². The van der Waals surface area contributed by atoms with Crippen LogP contribution in [0.1, 0.15) is 25.8 Å². The van der Waals surface area contributed by atoms with E-state index in [2.05, 4.69) is 19.2 Å². The number of nitrogens with one attached hydrogen (secondary N) is 1. The zero-order chi connectivity index (χ0) is 12.3. The van der Waals surface area contributed by atoms with Crippen molar-refractivity contribution in [3.8, 4) is 0 Å². The Labute approximate surface area is 102 Å². The van der Waals surface area contributed by atoms with E-state index in [1.165, 1.54) is 0 Å². The van der Waals surface area contributed by atoms with Crippen LogP contribution in [0.15, 0.2) is 23.0 Å². The van der Waals surface area contributed by atoms with E-state index in [-0.39, 0.29) is 6.03 Å². The summed E-state index contributed by atoms with van der Waals surface area (Å²) in [5.41, 5.74) is 0.997. The third kappa shape index (κ3) is 3.02. The molecular weight excluding hydrogens is 216 g/mol. The van der Waals surface area contributed by atoms with Gasteiger partial charge in [-0.05, 0) is 24.3 Å². The number of furan rings is 1. The Hall–Kier alpha value is -1.45. The lowest BCUT2D eigenvalue weighted by Gasteiger charge is -2.35. The van der Waals surface area contributed by atoms with Gasteiger partial charge in [0.1, 0.15) is 0 Å². The number of urea groups is 1. The van der Waals surface area contributed by atoms with Crippen molar-refractivity contribution < 1.29 is 9.21 Å². The van der Waals surface area contributed by atoms with E-state index < -0.39 is 0 Å². The van der Waals surface area contributed by atoms with Crippen LogP contribution in [-0.4, -0.2) is 24.0 Å². The molecule has 1 aromatic heterocycles. The predicted octanol–water partition coefficient (Wildman–Crippen LogP) is 2.47. The number of amides is 2. The van der Waals surface area contributed by atoms with Crippen LogP contribution in [0.4, 0.5) is 4.79 Å². The third-order valence-electron chi connectivity index (χ3n) is 3.65. The van der Waals surface area contributed by atoms with E-state index in [1.54, 1.807) is 12.5 Å². The van der Waals surface area contributed by atoms with Crippen molar-refractivity contribution in [3.05, 3.63) is 24.2 Å². The highest BCUT2D eigenvalue weighted by atomic mass is 16.3. The van der Waals surface area contributed by atoms with Crippen molar-refractivity contribution in [2.24, 2.45) is 11.8 Å². The number of likely N-dealkylation sites (tertiary alicyclic amines) is 1. The van der Waals surface area contributed by atoms with Crippen LogP contribution in [-0.2, 0) is 6.54 Å². The van der Waals surface area contributed by atoms with E-state index in [4.69, 9.17) is 4.42 Å². The monoisotopic (exact) mass is 236 g/mol. The summed E-state index contributed by atoms with van der Waals surface area (Å²) in [7, 11) is 0. The molecule has 94 valence electrons. The maximum Gasteiger partial charge on any atom is 0.317 e. The van der Waals surface area contributed by atoms with Crippen LogP contribution in [0.5, 0.6) is 0 Å². The molecular formula is C13H20N2O2. The molecule has 0 radical (unpaired) electrons. The molecule has 0 saturated carbocycles. The number of piperidine rings is 1. The number of rotatable bonds is 2. The Balaban J connectivity index is 1.80. The van der Waals surface area contributed by atoms with E-state index in [0.717, 1.165) is 25.1 Å². The zero-order valence-corrected chi connectivity index (χ0v) is 10.5. The third-order valence-corrected chi connectivity index (χ3v) is 3.65. The molecule has 17 heavy (non-hydrogen) atoms. The van der Waals surface area contributed by atoms with Gasteiger partial charge in [-0.1, -0.05) is 13.8 Å². The summed E-state index contributed by atoms with van der Waals surface area (Å²) in [4.78, 5) is 13.8. The molecule has 1 aromatic rings. The van der Waals surface area contributed by atoms with Crippen LogP contribution in [0.25, 0.3) is 0 Å². The quantitative estimate of drug-likeness (QED) is 0.857. The number of carbonyl (C=O) groups is 1. The second-order valence-electron chi connectivity index (χ2n) is 4.98. The van der Waals surface area contributed by atoms with Gasteiger partial charge in [-0.15, -0.1) is 0 Å². The van der Waals surface area contributed by atoms with Crippen LogP contribution >= 0.6 is 0 Å². The van der Waals surface area contributed by atoms with Crippen molar-refractivity contribution in [3.63, 3.8) is 0 Å². The van der Waals surface area contributed by atoms with Crippen molar-refractivity contribution >= 4 is 6.03 Å². The Morgan fingerprint density at radius 3 is 3.00 bits per heavy atom. The summed E-state index contributed by atoms with van der Waals surface area (Å²) in [6, 6.07) is 1.89. The van der Waals surface area contributed by atoms with E-state index in [9.17, 15) is 4.79 Å². The normalized spacial score (nSPS) is 24.7. The van der Waals surface area contributed by atoms with E-state index in [0.29, 0.717) is 18.4 Å². The minimum atomic E-state index is 0.0324. The molecule has 1 N–H and O–H groups in total. The number of hydrogen-bond donors (Lipinski definition) is 1. The van der Waals surface area contributed by atoms with Gasteiger partial charge in [0.05, 0.1) is 12.5 Å². The molecule has 0 spiro atoms. The second-order valence-corrected chi connectivity index (χ2v) is 4.98. The molecule has 2 heterocycles. The summed E-state index contributed by atoms with van der Waals surface area (Å²) in [5.74, 6) is 1.30. The van der Waals surface area contributed by atoms with Crippen molar-refractivity contribution in [1.82, 2.24) is 10.2 Å². The Morgan fingerprint density at radius 2 is 2.35 bits per heavy atom. The fourth-order valence-corrected chi connectivity index (χ4v) is 2.13. The standard InChI is InChI=1S/C13H20N2O2/c1-10-3-5-15(8-11(10)2)13(16)14-7-12-4-6-17-9-12/h4,6,9-11H,3,5,7-8H2,1-2H3,(H,14,16). The summed E-state index contributed by atoms with van der Waals surface area (Å²) < 4.78 is 4.96. The molecule has 1 fully saturated rings. The molecule has 2 rings (SSSR count). The molecule has 2 amide bonds. The molecule has 0 bridgehead atoms. The summed E-state index contributed by atoms with van der Waals surface area (Å²) in [6.45, 7) is 6.72. The smallest absolute Gasteiger partial charge is 0.317 e. The van der Waals surface area contributed by atoms with Gasteiger partial charge in [-0.2, -0.15) is 0 Å². The van der Waals surface area contributed by atoms with Crippen molar-refractivity contribution in [1.29, 1.82) is 0 Å². The van der Waals surface area contributed by atoms with Gasteiger partial charge in [0.15, 0.2) is 0 Å². The van der Waals surface area contributed by atoms with Crippen LogP contribution in [0.3, 0.4) is 0 Å². The summed E-state index contributed by atoms with van der Waals surface area (Å²) >= 11 is 0. The van der Waals surface area contributed by atoms with Gasteiger partial charge in [-0.3, -0.25) is 0 Å². The highest BCUT2D eigenvalue weighted by molar-refractivity contribution is 5.74. The Bertz CT molecular complexity index is 362. The van der Waals surface area contributed by atoms with Crippen LogP contribution in [0, 0.1) is 11.8 Å². The lowest BCUT2D eigenvalue weighted by Crippen LogP contribution is -2.46. The topological polar surface area (TPSA) is 45.5 Å². The predicted molar refractivity (Wildman–Crippen MR) is 65.5 cm³/mol. The van der Waals surface area contributed by atoms with Crippen LogP contribution < -0.4 is 5.32 Å². The number of hydrogen-bond acceptors (Lipinski definition) is 2. The second kappa shape index (κ2) is 5.25. The minimum Gasteiger partial charge on any atom is -0.472 e. The first-order valence-corrected chi connectivity index (χ1v) is 6.20. The molecule has 1 aliphatic rings. The highest BCUT2D eigenvalue weighted by Crippen LogP contribution is 2.22. The molecule has 0 aromatic carbocycles. The molecule has 4 heteroatoms. The van der Waals surface area contributed by atoms with Gasteiger partial charge >= 0.3 is 6.03 Å². The first kappa shape index (κ1) is 12.0. The maximum atomic E-state index is 11.9. The number of carbonyl (C=O) groups excluding carboxylic acids is 1. The van der Waals surface area contributed by atoms with E-state index >= 15 is 0 Å². The fraction of sp³-hybridized carbons (Fsp3) is 0.615. The van der Waals surface area contributed by atoms with Gasteiger partial charge in [-0.25, -0.2) is 4.79 Å². The Morgan fingerprint density at radius 1 is 1.53 bits per heavy atom. The minimum absolute atomic E-state index is 0.0324. The highest BCUT2D eigenvalue weighted by Gasteiger charge is 2.25. The lowest BCUT2D eigenvalue weighted by atomic mass is 9.89. The molecule has 4 nitrogen and oxygen atoms in total.